The highest BCUT2D eigenvalue weighted by Gasteiger charge is 2.17. The lowest BCUT2D eigenvalue weighted by Gasteiger charge is -2.11. The largest absolute Gasteiger partial charge is 0.494 e. The molecule has 0 amide bonds. The van der Waals surface area contributed by atoms with Gasteiger partial charge in [-0.3, -0.25) is 19.4 Å². The summed E-state index contributed by atoms with van der Waals surface area (Å²) < 4.78 is 1.94. The summed E-state index contributed by atoms with van der Waals surface area (Å²) in [6.07, 6.45) is 0. The van der Waals surface area contributed by atoms with Crippen molar-refractivity contribution in [1.29, 1.82) is 0 Å². The van der Waals surface area contributed by atoms with Gasteiger partial charge in [-0.05, 0) is 18.4 Å². The first-order chi connectivity index (χ1) is 11.9. The van der Waals surface area contributed by atoms with Crippen LogP contribution >= 0.6 is 0 Å². The van der Waals surface area contributed by atoms with E-state index in [1.165, 1.54) is 14.1 Å². The fourth-order valence-electron chi connectivity index (χ4n) is 2.67. The van der Waals surface area contributed by atoms with Crippen LogP contribution in [0, 0.1) is 0 Å². The number of rotatable bonds is 3. The van der Waals surface area contributed by atoms with Gasteiger partial charge in [-0.2, -0.15) is 5.10 Å². The molecule has 0 atom stereocenters. The van der Waals surface area contributed by atoms with Crippen LogP contribution in [0.15, 0.2) is 57.2 Å². The van der Waals surface area contributed by atoms with Crippen LogP contribution in [0.5, 0.6) is 5.88 Å². The van der Waals surface area contributed by atoms with E-state index in [1.54, 1.807) is 6.92 Å². The Balaban J connectivity index is 2.06. The van der Waals surface area contributed by atoms with Crippen LogP contribution in [-0.2, 0) is 14.1 Å². The lowest BCUT2D eigenvalue weighted by atomic mass is 10.1. The summed E-state index contributed by atoms with van der Waals surface area (Å²) in [5.74, 6) is -0.408. The number of aromatic nitrogens is 2. The highest BCUT2D eigenvalue weighted by Crippen LogP contribution is 2.23. The van der Waals surface area contributed by atoms with E-state index in [0.717, 1.165) is 25.6 Å². The predicted molar refractivity (Wildman–Crippen MR) is 98.4 cm³/mol. The molecule has 128 valence electrons. The molecule has 1 heterocycles. The van der Waals surface area contributed by atoms with E-state index >= 15 is 0 Å². The summed E-state index contributed by atoms with van der Waals surface area (Å²) in [6.45, 7) is 1.60. The van der Waals surface area contributed by atoms with Crippen LogP contribution in [0.25, 0.3) is 10.8 Å². The van der Waals surface area contributed by atoms with Crippen LogP contribution < -0.4 is 16.7 Å². The molecule has 0 spiro atoms. The number of hydrazone groups is 1. The van der Waals surface area contributed by atoms with E-state index in [0.29, 0.717) is 0 Å². The van der Waals surface area contributed by atoms with Crippen LogP contribution in [-0.4, -0.2) is 20.0 Å². The van der Waals surface area contributed by atoms with Gasteiger partial charge >= 0.3 is 5.69 Å². The molecule has 0 aliphatic heterocycles. The van der Waals surface area contributed by atoms with Crippen molar-refractivity contribution in [3.63, 3.8) is 0 Å². The Morgan fingerprint density at radius 2 is 1.72 bits per heavy atom. The lowest BCUT2D eigenvalue weighted by Crippen LogP contribution is -2.39. The molecule has 0 aliphatic carbocycles. The fourth-order valence-corrected chi connectivity index (χ4v) is 2.67. The molecule has 2 aromatic carbocycles. The maximum atomic E-state index is 12.3. The molecular weight excluding hydrogens is 320 g/mol. The Morgan fingerprint density at radius 3 is 2.48 bits per heavy atom. The van der Waals surface area contributed by atoms with Crippen LogP contribution in [0.3, 0.4) is 0 Å². The van der Waals surface area contributed by atoms with Gasteiger partial charge in [-0.25, -0.2) is 4.79 Å². The number of benzene rings is 2. The van der Waals surface area contributed by atoms with Crippen molar-refractivity contribution in [3.05, 3.63) is 68.9 Å². The van der Waals surface area contributed by atoms with Crippen molar-refractivity contribution in [2.75, 3.05) is 5.43 Å². The maximum absolute atomic E-state index is 12.3. The molecular formula is C18H18N4O3. The standard InChI is InChI=1S/C18H18N4O3/c1-11(15-16(23)21(2)18(25)22(3)17(15)24)19-20-14-10-6-8-12-7-4-5-9-13(12)14/h4-10,20,23H,1-3H3. The third-order valence-electron chi connectivity index (χ3n) is 4.13. The molecule has 3 rings (SSSR count). The van der Waals surface area contributed by atoms with E-state index in [4.69, 9.17) is 0 Å². The van der Waals surface area contributed by atoms with Gasteiger partial charge in [0, 0.05) is 19.5 Å². The first kappa shape index (κ1) is 16.5. The van der Waals surface area contributed by atoms with E-state index < -0.39 is 17.1 Å². The van der Waals surface area contributed by atoms with Gasteiger partial charge in [-0.15, -0.1) is 0 Å². The zero-order chi connectivity index (χ0) is 18.1. The number of aromatic hydroxyl groups is 1. The monoisotopic (exact) mass is 338 g/mol. The first-order valence-electron chi connectivity index (χ1n) is 7.69. The van der Waals surface area contributed by atoms with E-state index in [-0.39, 0.29) is 11.3 Å². The van der Waals surface area contributed by atoms with Gasteiger partial charge in [0.25, 0.3) is 5.56 Å². The Hall–Kier alpha value is -3.35. The minimum absolute atomic E-state index is 0.0164. The topological polar surface area (TPSA) is 88.6 Å². The minimum Gasteiger partial charge on any atom is -0.494 e. The highest BCUT2D eigenvalue weighted by atomic mass is 16.3. The molecule has 2 N–H and O–H groups in total. The van der Waals surface area contributed by atoms with Crippen molar-refractivity contribution in [1.82, 2.24) is 9.13 Å². The molecule has 0 radical (unpaired) electrons. The third-order valence-corrected chi connectivity index (χ3v) is 4.13. The van der Waals surface area contributed by atoms with Crippen molar-refractivity contribution >= 4 is 22.2 Å². The van der Waals surface area contributed by atoms with Crippen molar-refractivity contribution < 1.29 is 5.11 Å². The van der Waals surface area contributed by atoms with Crippen LogP contribution in [0.1, 0.15) is 12.5 Å². The minimum atomic E-state index is -0.596. The van der Waals surface area contributed by atoms with Crippen molar-refractivity contribution in [3.8, 4) is 5.88 Å². The smallest absolute Gasteiger partial charge is 0.333 e. The number of fused-ring (bicyclic) bond motifs is 1. The van der Waals surface area contributed by atoms with Crippen LogP contribution in [0.4, 0.5) is 5.69 Å². The van der Waals surface area contributed by atoms with Gasteiger partial charge in [-0.1, -0.05) is 36.4 Å². The summed E-state index contributed by atoms with van der Waals surface area (Å²) in [5, 5.41) is 16.4. The number of nitrogens with zero attached hydrogens (tertiary/aromatic N) is 3. The normalized spacial score (nSPS) is 11.7. The maximum Gasteiger partial charge on any atom is 0.333 e. The van der Waals surface area contributed by atoms with E-state index in [1.807, 2.05) is 42.5 Å². The second-order valence-corrected chi connectivity index (χ2v) is 5.74. The number of anilines is 1. The number of nitrogens with one attached hydrogen (secondary N) is 1. The SMILES string of the molecule is CC(=NNc1cccc2ccccc12)c1c(O)n(C)c(=O)n(C)c1=O. The molecule has 0 bridgehead atoms. The second-order valence-electron chi connectivity index (χ2n) is 5.74. The fraction of sp³-hybridized carbons (Fsp3) is 0.167. The number of hydrogen-bond acceptors (Lipinski definition) is 5. The first-order valence-corrected chi connectivity index (χ1v) is 7.69. The Labute approximate surface area is 143 Å². The summed E-state index contributed by atoms with van der Waals surface area (Å²) >= 11 is 0. The molecule has 0 saturated carbocycles. The summed E-state index contributed by atoms with van der Waals surface area (Å²) in [4.78, 5) is 24.1. The molecule has 25 heavy (non-hydrogen) atoms. The number of hydrogen-bond donors (Lipinski definition) is 2. The Bertz CT molecular complexity index is 1100. The average molecular weight is 338 g/mol. The van der Waals surface area contributed by atoms with Gasteiger partial charge in [0.15, 0.2) is 0 Å². The van der Waals surface area contributed by atoms with Crippen LogP contribution in [0.2, 0.25) is 0 Å². The molecule has 7 nitrogen and oxygen atoms in total. The zero-order valence-electron chi connectivity index (χ0n) is 14.1. The summed E-state index contributed by atoms with van der Waals surface area (Å²) in [5.41, 5.74) is 2.78. The lowest BCUT2D eigenvalue weighted by molar-refractivity contribution is 0.410. The molecule has 1 aromatic heterocycles. The van der Waals surface area contributed by atoms with Gasteiger partial charge in [0.05, 0.1) is 11.4 Å². The van der Waals surface area contributed by atoms with Gasteiger partial charge in [0.1, 0.15) is 5.56 Å². The summed E-state index contributed by atoms with van der Waals surface area (Å²) in [7, 11) is 2.75. The van der Waals surface area contributed by atoms with Crippen molar-refractivity contribution in [2.24, 2.45) is 19.2 Å². The third kappa shape index (κ3) is 2.80. The zero-order valence-corrected chi connectivity index (χ0v) is 14.1. The Kier molecular flexibility index (Phi) is 4.14. The molecule has 0 aliphatic rings. The average Bonchev–Trinajstić information content (AvgIpc) is 2.63. The molecule has 3 aromatic rings. The van der Waals surface area contributed by atoms with E-state index in [9.17, 15) is 14.7 Å². The Morgan fingerprint density at radius 1 is 1.04 bits per heavy atom. The van der Waals surface area contributed by atoms with Gasteiger partial charge in [0.2, 0.25) is 5.88 Å². The van der Waals surface area contributed by atoms with Crippen molar-refractivity contribution in [2.45, 2.75) is 6.92 Å². The van der Waals surface area contributed by atoms with E-state index in [2.05, 4.69) is 10.5 Å². The quantitative estimate of drug-likeness (QED) is 0.563. The molecule has 0 saturated heterocycles. The highest BCUT2D eigenvalue weighted by molar-refractivity contribution is 6.01. The molecule has 0 unspecified atom stereocenters. The second kappa shape index (κ2) is 6.27. The molecule has 0 fully saturated rings. The van der Waals surface area contributed by atoms with Gasteiger partial charge < -0.3 is 5.11 Å². The predicted octanol–water partition coefficient (Wildman–Crippen LogP) is 1.78. The summed E-state index contributed by atoms with van der Waals surface area (Å²) in [6, 6.07) is 13.6. The molecule has 7 heteroatoms.